The van der Waals surface area contributed by atoms with Crippen LogP contribution in [0.25, 0.3) is 93.0 Å². The van der Waals surface area contributed by atoms with E-state index < -0.39 is 0 Å². The van der Waals surface area contributed by atoms with Gasteiger partial charge in [0.2, 0.25) is 0 Å². The first-order valence-corrected chi connectivity index (χ1v) is 17.5. The van der Waals surface area contributed by atoms with Crippen molar-refractivity contribution in [1.82, 2.24) is 19.5 Å². The van der Waals surface area contributed by atoms with Gasteiger partial charge >= 0.3 is 0 Å². The van der Waals surface area contributed by atoms with Crippen molar-refractivity contribution in [3.8, 4) is 51.0 Å². The Balaban J connectivity index is 1.09. The fourth-order valence-electron chi connectivity index (χ4n) is 7.04. The van der Waals surface area contributed by atoms with E-state index in [1.807, 2.05) is 60.7 Å². The lowest BCUT2D eigenvalue weighted by Crippen LogP contribution is -1.99. The first-order chi connectivity index (χ1) is 24.8. The second kappa shape index (κ2) is 11.6. The largest absolute Gasteiger partial charge is 0.309 e. The molecule has 0 N–H and O–H groups in total. The zero-order valence-electron chi connectivity index (χ0n) is 26.9. The van der Waals surface area contributed by atoms with Gasteiger partial charge in [0.1, 0.15) is 0 Å². The standard InChI is InChI=1S/C45H28N4S/c1-4-12-29(13-5-1)43-46-44(30-14-6-2-7-15-30)48-45(47-43)33-21-24-37-38-26-31(22-25-41(38)50-42(37)28-33)32-20-23-36-35-18-10-11-19-39(35)49(40(36)27-32)34-16-8-3-9-17-34/h1-28H. The molecule has 0 aliphatic heterocycles. The number of hydrogen-bond donors (Lipinski definition) is 0. The highest BCUT2D eigenvalue weighted by Crippen LogP contribution is 2.40. The third-order valence-corrected chi connectivity index (χ3v) is 10.6. The fraction of sp³-hybridized carbons (Fsp3) is 0. The molecule has 0 aliphatic rings. The number of rotatable bonds is 5. The van der Waals surface area contributed by atoms with E-state index in [0.717, 1.165) is 22.4 Å². The average Bonchev–Trinajstić information content (AvgIpc) is 3.73. The predicted octanol–water partition coefficient (Wildman–Crippen LogP) is 12.0. The van der Waals surface area contributed by atoms with Gasteiger partial charge in [-0.15, -0.1) is 11.3 Å². The third-order valence-electron chi connectivity index (χ3n) is 9.45. The molecule has 10 rings (SSSR count). The molecule has 0 fully saturated rings. The van der Waals surface area contributed by atoms with Crippen LogP contribution in [0, 0.1) is 0 Å². The van der Waals surface area contributed by atoms with Crippen molar-refractivity contribution >= 4 is 53.3 Å². The van der Waals surface area contributed by atoms with Gasteiger partial charge in [-0.1, -0.05) is 127 Å². The van der Waals surface area contributed by atoms with Crippen LogP contribution in [0.1, 0.15) is 0 Å². The van der Waals surface area contributed by atoms with Crippen molar-refractivity contribution in [2.24, 2.45) is 0 Å². The Bertz CT molecular complexity index is 2800. The Labute approximate surface area is 292 Å². The van der Waals surface area contributed by atoms with E-state index in [4.69, 9.17) is 15.0 Å². The van der Waals surface area contributed by atoms with Crippen molar-refractivity contribution in [2.75, 3.05) is 0 Å². The summed E-state index contributed by atoms with van der Waals surface area (Å²) >= 11 is 1.81. The number of nitrogens with zero attached hydrogens (tertiary/aromatic N) is 4. The predicted molar refractivity (Wildman–Crippen MR) is 209 cm³/mol. The molecule has 234 valence electrons. The molecule has 5 heteroatoms. The summed E-state index contributed by atoms with van der Waals surface area (Å²) in [5.41, 5.74) is 8.88. The summed E-state index contributed by atoms with van der Waals surface area (Å²) in [7, 11) is 0. The minimum atomic E-state index is 0.666. The van der Waals surface area contributed by atoms with Gasteiger partial charge in [-0.3, -0.25) is 0 Å². The van der Waals surface area contributed by atoms with Crippen LogP contribution in [0.15, 0.2) is 170 Å². The Morgan fingerprint density at radius 2 is 0.880 bits per heavy atom. The first kappa shape index (κ1) is 28.6. The fourth-order valence-corrected chi connectivity index (χ4v) is 8.16. The van der Waals surface area contributed by atoms with Crippen LogP contribution in [0.5, 0.6) is 0 Å². The molecule has 50 heavy (non-hydrogen) atoms. The lowest BCUT2D eigenvalue weighted by Gasteiger charge is -2.09. The monoisotopic (exact) mass is 656 g/mol. The molecule has 0 radical (unpaired) electrons. The number of aromatic nitrogens is 4. The minimum Gasteiger partial charge on any atom is -0.309 e. The summed E-state index contributed by atoms with van der Waals surface area (Å²) in [6, 6.07) is 59.8. The molecular weight excluding hydrogens is 629 g/mol. The van der Waals surface area contributed by atoms with Crippen molar-refractivity contribution in [3.05, 3.63) is 170 Å². The normalized spacial score (nSPS) is 11.6. The van der Waals surface area contributed by atoms with Crippen LogP contribution in [-0.4, -0.2) is 19.5 Å². The Morgan fingerprint density at radius 3 is 1.60 bits per heavy atom. The molecule has 3 aromatic heterocycles. The van der Waals surface area contributed by atoms with Crippen molar-refractivity contribution in [1.29, 1.82) is 0 Å². The Kier molecular flexibility index (Phi) is 6.64. The molecule has 3 heterocycles. The molecule has 0 saturated heterocycles. The molecular formula is C45H28N4S. The summed E-state index contributed by atoms with van der Waals surface area (Å²) < 4.78 is 4.84. The molecule has 0 aliphatic carbocycles. The molecule has 0 saturated carbocycles. The summed E-state index contributed by atoms with van der Waals surface area (Å²) in [5.74, 6) is 2.00. The summed E-state index contributed by atoms with van der Waals surface area (Å²) in [4.78, 5) is 14.8. The number of benzene rings is 7. The zero-order valence-corrected chi connectivity index (χ0v) is 27.7. The summed E-state index contributed by atoms with van der Waals surface area (Å²) in [5, 5.41) is 5.00. The highest BCUT2D eigenvalue weighted by Gasteiger charge is 2.16. The van der Waals surface area contributed by atoms with Crippen LogP contribution >= 0.6 is 11.3 Å². The lowest BCUT2D eigenvalue weighted by atomic mass is 10.0. The minimum absolute atomic E-state index is 0.666. The molecule has 7 aromatic carbocycles. The van der Waals surface area contributed by atoms with Gasteiger partial charge in [0.25, 0.3) is 0 Å². The van der Waals surface area contributed by atoms with E-state index in [1.165, 1.54) is 53.1 Å². The number of thiophene rings is 1. The van der Waals surface area contributed by atoms with Gasteiger partial charge in [-0.2, -0.15) is 0 Å². The van der Waals surface area contributed by atoms with E-state index in [2.05, 4.69) is 114 Å². The van der Waals surface area contributed by atoms with Gasteiger partial charge in [0.15, 0.2) is 17.5 Å². The van der Waals surface area contributed by atoms with Crippen LogP contribution < -0.4 is 0 Å². The van der Waals surface area contributed by atoms with Crippen LogP contribution in [-0.2, 0) is 0 Å². The number of hydrogen-bond acceptors (Lipinski definition) is 4. The van der Waals surface area contributed by atoms with Crippen molar-refractivity contribution < 1.29 is 0 Å². The van der Waals surface area contributed by atoms with Gasteiger partial charge in [0.05, 0.1) is 11.0 Å². The van der Waals surface area contributed by atoms with Crippen LogP contribution in [0.3, 0.4) is 0 Å². The topological polar surface area (TPSA) is 43.6 Å². The maximum atomic E-state index is 4.96. The molecule has 0 unspecified atom stereocenters. The maximum Gasteiger partial charge on any atom is 0.164 e. The second-order valence-electron chi connectivity index (χ2n) is 12.5. The number of para-hydroxylation sites is 2. The Morgan fingerprint density at radius 1 is 0.340 bits per heavy atom. The molecule has 0 spiro atoms. The maximum absolute atomic E-state index is 4.96. The zero-order chi connectivity index (χ0) is 33.0. The van der Waals surface area contributed by atoms with Gasteiger partial charge in [-0.05, 0) is 53.6 Å². The van der Waals surface area contributed by atoms with Gasteiger partial charge in [-0.25, -0.2) is 15.0 Å². The first-order valence-electron chi connectivity index (χ1n) is 16.7. The van der Waals surface area contributed by atoms with Crippen LogP contribution in [0.2, 0.25) is 0 Å². The molecule has 0 bridgehead atoms. The van der Waals surface area contributed by atoms with Crippen LogP contribution in [0.4, 0.5) is 0 Å². The summed E-state index contributed by atoms with van der Waals surface area (Å²) in [6.45, 7) is 0. The molecule has 10 aromatic rings. The number of fused-ring (bicyclic) bond motifs is 6. The van der Waals surface area contributed by atoms with Gasteiger partial charge in [0, 0.05) is 53.3 Å². The van der Waals surface area contributed by atoms with E-state index in [-0.39, 0.29) is 0 Å². The SMILES string of the molecule is c1ccc(-c2nc(-c3ccccc3)nc(-c3ccc4c(c3)sc3ccc(-c5ccc6c7ccccc7n(-c7ccccc7)c6c5)cc34)n2)cc1. The van der Waals surface area contributed by atoms with Crippen molar-refractivity contribution in [2.45, 2.75) is 0 Å². The highest BCUT2D eigenvalue weighted by atomic mass is 32.1. The molecule has 0 amide bonds. The quantitative estimate of drug-likeness (QED) is 0.185. The average molecular weight is 657 g/mol. The van der Waals surface area contributed by atoms with E-state index in [0.29, 0.717) is 17.5 Å². The highest BCUT2D eigenvalue weighted by molar-refractivity contribution is 7.25. The second-order valence-corrected chi connectivity index (χ2v) is 13.6. The molecule has 4 nitrogen and oxygen atoms in total. The van der Waals surface area contributed by atoms with E-state index in [1.54, 1.807) is 11.3 Å². The molecule has 0 atom stereocenters. The summed E-state index contributed by atoms with van der Waals surface area (Å²) in [6.07, 6.45) is 0. The third kappa shape index (κ3) is 4.79. The van der Waals surface area contributed by atoms with E-state index in [9.17, 15) is 0 Å². The van der Waals surface area contributed by atoms with E-state index >= 15 is 0 Å². The smallest absolute Gasteiger partial charge is 0.164 e. The van der Waals surface area contributed by atoms with Crippen molar-refractivity contribution in [3.63, 3.8) is 0 Å². The van der Waals surface area contributed by atoms with Gasteiger partial charge < -0.3 is 4.57 Å². The Hall–Kier alpha value is -6.43. The lowest BCUT2D eigenvalue weighted by molar-refractivity contribution is 1.07.